The second-order valence-electron chi connectivity index (χ2n) is 6.16. The van der Waals surface area contributed by atoms with E-state index in [1.54, 1.807) is 49.6 Å². The van der Waals surface area contributed by atoms with E-state index < -0.39 is 11.9 Å². The van der Waals surface area contributed by atoms with E-state index in [1.165, 1.54) is 0 Å². The van der Waals surface area contributed by atoms with Crippen molar-refractivity contribution in [2.24, 2.45) is 0 Å². The smallest absolute Gasteiger partial charge is 0.325 e. The molecule has 1 aliphatic rings. The fourth-order valence-electron chi connectivity index (χ4n) is 2.68. The summed E-state index contributed by atoms with van der Waals surface area (Å²) < 4.78 is 25.7. The molecular weight excluding hydrogens is 394 g/mol. The number of hydrogen-bond acceptors (Lipinski definition) is 9. The van der Waals surface area contributed by atoms with Gasteiger partial charge in [0.15, 0.2) is 18.1 Å². The molecule has 10 heteroatoms. The second kappa shape index (κ2) is 8.52. The molecule has 30 heavy (non-hydrogen) atoms. The van der Waals surface area contributed by atoms with Crippen LogP contribution < -0.4 is 19.5 Å². The van der Waals surface area contributed by atoms with Crippen molar-refractivity contribution in [2.75, 3.05) is 20.4 Å². The highest BCUT2D eigenvalue weighted by Crippen LogP contribution is 2.32. The largest absolute Gasteiger partial charge is 0.497 e. The van der Waals surface area contributed by atoms with E-state index in [4.69, 9.17) is 23.5 Å². The number of carbonyl (C=O) groups is 2. The van der Waals surface area contributed by atoms with E-state index in [-0.39, 0.29) is 25.8 Å². The van der Waals surface area contributed by atoms with Gasteiger partial charge in [0, 0.05) is 11.1 Å². The highest BCUT2D eigenvalue weighted by atomic mass is 16.7. The van der Waals surface area contributed by atoms with Crippen LogP contribution in [0.3, 0.4) is 0 Å². The maximum absolute atomic E-state index is 12.2. The van der Waals surface area contributed by atoms with Crippen molar-refractivity contribution >= 4 is 11.9 Å². The first-order valence-corrected chi connectivity index (χ1v) is 8.93. The minimum Gasteiger partial charge on any atom is -0.497 e. The number of fused-ring (bicyclic) bond motifs is 1. The molecule has 3 aromatic rings. The molecule has 1 aromatic heterocycles. The van der Waals surface area contributed by atoms with Crippen LogP contribution in [-0.4, -0.2) is 42.5 Å². The van der Waals surface area contributed by atoms with Gasteiger partial charge >= 0.3 is 5.97 Å². The van der Waals surface area contributed by atoms with Gasteiger partial charge in [-0.25, -0.2) is 0 Å². The van der Waals surface area contributed by atoms with Gasteiger partial charge in [0.25, 0.3) is 11.8 Å². The van der Waals surface area contributed by atoms with Gasteiger partial charge in [0.1, 0.15) is 12.3 Å². The third-order valence-corrected chi connectivity index (χ3v) is 4.18. The Morgan fingerprint density at radius 2 is 2.00 bits per heavy atom. The molecule has 4 rings (SSSR count). The summed E-state index contributed by atoms with van der Waals surface area (Å²) in [4.78, 5) is 28.3. The number of nitrogens with one attached hydrogen (secondary N) is 1. The summed E-state index contributed by atoms with van der Waals surface area (Å²) in [7, 11) is 1.56. The van der Waals surface area contributed by atoms with Gasteiger partial charge in [0.2, 0.25) is 12.6 Å². The van der Waals surface area contributed by atoms with Crippen LogP contribution in [0.5, 0.6) is 17.2 Å². The molecule has 0 fully saturated rings. The number of hydrogen-bond donors (Lipinski definition) is 1. The summed E-state index contributed by atoms with van der Waals surface area (Å²) in [6.07, 6.45) is 0. The molecule has 2 aromatic carbocycles. The van der Waals surface area contributed by atoms with Gasteiger partial charge in [-0.1, -0.05) is 17.3 Å². The van der Waals surface area contributed by atoms with E-state index in [0.717, 1.165) is 0 Å². The Kier molecular flexibility index (Phi) is 5.46. The molecule has 1 amide bonds. The maximum atomic E-state index is 12.2. The number of benzene rings is 2. The minimum absolute atomic E-state index is 0.113. The number of amides is 1. The fourth-order valence-corrected chi connectivity index (χ4v) is 2.68. The van der Waals surface area contributed by atoms with Gasteiger partial charge in [-0.05, 0) is 30.3 Å². The Bertz CT molecular complexity index is 1080. The topological polar surface area (TPSA) is 122 Å². The molecule has 1 aliphatic heterocycles. The standard InChI is InChI=1S/C20H17N3O7/c1-26-14-4-2-3-12(7-14)19-22-17(30-23-19)10-27-18(24)9-21-20(25)13-5-6-15-16(8-13)29-11-28-15/h2-8H,9-11H2,1H3,(H,21,25). The van der Waals surface area contributed by atoms with E-state index >= 15 is 0 Å². The van der Waals surface area contributed by atoms with Crippen LogP contribution in [0.15, 0.2) is 47.0 Å². The molecule has 0 spiro atoms. The van der Waals surface area contributed by atoms with Crippen LogP contribution >= 0.6 is 0 Å². The first kappa shape index (κ1) is 19.2. The molecule has 0 unspecified atom stereocenters. The molecule has 0 radical (unpaired) electrons. The molecule has 0 saturated carbocycles. The first-order valence-electron chi connectivity index (χ1n) is 8.93. The molecule has 0 saturated heterocycles. The zero-order valence-electron chi connectivity index (χ0n) is 15.9. The quantitative estimate of drug-likeness (QED) is 0.581. The second-order valence-corrected chi connectivity index (χ2v) is 6.16. The lowest BCUT2D eigenvalue weighted by Crippen LogP contribution is -2.30. The number of methoxy groups -OCH3 is 1. The van der Waals surface area contributed by atoms with Crippen LogP contribution in [0.25, 0.3) is 11.4 Å². The van der Waals surface area contributed by atoms with Gasteiger partial charge in [-0.3, -0.25) is 9.59 Å². The average molecular weight is 411 g/mol. The lowest BCUT2D eigenvalue weighted by Gasteiger charge is -2.06. The number of aromatic nitrogens is 2. The summed E-state index contributed by atoms with van der Waals surface area (Å²) in [6, 6.07) is 11.9. The number of rotatable bonds is 7. The third kappa shape index (κ3) is 4.32. The molecule has 154 valence electrons. The van der Waals surface area contributed by atoms with Crippen molar-refractivity contribution in [3.05, 3.63) is 53.9 Å². The lowest BCUT2D eigenvalue weighted by molar-refractivity contribution is -0.144. The highest BCUT2D eigenvalue weighted by Gasteiger charge is 2.17. The molecule has 10 nitrogen and oxygen atoms in total. The summed E-state index contributed by atoms with van der Waals surface area (Å²) in [5.74, 6) is 1.09. The van der Waals surface area contributed by atoms with Crippen molar-refractivity contribution in [3.8, 4) is 28.6 Å². The number of nitrogens with zero attached hydrogens (tertiary/aromatic N) is 2. The molecule has 0 aliphatic carbocycles. The van der Waals surface area contributed by atoms with Gasteiger partial charge < -0.3 is 28.8 Å². The normalized spacial score (nSPS) is 11.8. The van der Waals surface area contributed by atoms with E-state index in [0.29, 0.717) is 34.2 Å². The predicted octanol–water partition coefficient (Wildman–Crippen LogP) is 1.95. The Balaban J connectivity index is 1.27. The van der Waals surface area contributed by atoms with Crippen LogP contribution in [0.2, 0.25) is 0 Å². The number of carbonyl (C=O) groups excluding carboxylic acids is 2. The monoisotopic (exact) mass is 411 g/mol. The van der Waals surface area contributed by atoms with Crippen LogP contribution in [0.1, 0.15) is 16.2 Å². The Labute approximate surface area is 170 Å². The molecule has 1 N–H and O–H groups in total. The van der Waals surface area contributed by atoms with Crippen molar-refractivity contribution in [3.63, 3.8) is 0 Å². The number of esters is 1. The SMILES string of the molecule is COc1cccc(-c2noc(COC(=O)CNC(=O)c3ccc4c(c3)OCO4)n2)c1. The zero-order valence-corrected chi connectivity index (χ0v) is 15.9. The van der Waals surface area contributed by atoms with Gasteiger partial charge in [0.05, 0.1) is 7.11 Å². The fraction of sp³-hybridized carbons (Fsp3) is 0.200. The predicted molar refractivity (Wildman–Crippen MR) is 101 cm³/mol. The van der Waals surface area contributed by atoms with Crippen LogP contribution in [0, 0.1) is 0 Å². The molecule has 2 heterocycles. The molecular formula is C20H17N3O7. The number of ether oxygens (including phenoxy) is 4. The Morgan fingerprint density at radius 3 is 2.87 bits per heavy atom. The van der Waals surface area contributed by atoms with Crippen molar-refractivity contribution in [2.45, 2.75) is 6.61 Å². The van der Waals surface area contributed by atoms with Gasteiger partial charge in [-0.2, -0.15) is 4.98 Å². The Morgan fingerprint density at radius 1 is 1.13 bits per heavy atom. The van der Waals surface area contributed by atoms with Crippen LogP contribution in [-0.2, 0) is 16.1 Å². The summed E-state index contributed by atoms with van der Waals surface area (Å²) in [6.45, 7) is -0.415. The van der Waals surface area contributed by atoms with Crippen molar-refractivity contribution in [1.82, 2.24) is 15.5 Å². The summed E-state index contributed by atoms with van der Waals surface area (Å²) in [5, 5.41) is 6.34. The maximum Gasteiger partial charge on any atom is 0.325 e. The highest BCUT2D eigenvalue weighted by molar-refractivity contribution is 5.96. The first-order chi connectivity index (χ1) is 14.6. The third-order valence-electron chi connectivity index (χ3n) is 4.18. The molecule has 0 atom stereocenters. The van der Waals surface area contributed by atoms with Gasteiger partial charge in [-0.15, -0.1) is 0 Å². The summed E-state index contributed by atoms with van der Waals surface area (Å²) >= 11 is 0. The zero-order chi connectivity index (χ0) is 20.9. The van der Waals surface area contributed by atoms with E-state index in [1.807, 2.05) is 0 Å². The Hall–Kier alpha value is -4.08. The minimum atomic E-state index is -0.648. The van der Waals surface area contributed by atoms with E-state index in [2.05, 4.69) is 15.5 Å². The van der Waals surface area contributed by atoms with Crippen molar-refractivity contribution < 1.29 is 33.1 Å². The lowest BCUT2D eigenvalue weighted by atomic mass is 10.2. The molecule has 0 bridgehead atoms. The average Bonchev–Trinajstić information content (AvgIpc) is 3.45. The summed E-state index contributed by atoms with van der Waals surface area (Å²) in [5.41, 5.74) is 1.04. The van der Waals surface area contributed by atoms with E-state index in [9.17, 15) is 9.59 Å². The van der Waals surface area contributed by atoms with Crippen molar-refractivity contribution in [1.29, 1.82) is 0 Å². The van der Waals surface area contributed by atoms with Crippen LogP contribution in [0.4, 0.5) is 0 Å².